The number of anilines is 1. The summed E-state index contributed by atoms with van der Waals surface area (Å²) in [6.07, 6.45) is 0. The van der Waals surface area contributed by atoms with Crippen LogP contribution in [0, 0.1) is 6.92 Å². The summed E-state index contributed by atoms with van der Waals surface area (Å²) in [5.74, 6) is -0.216. The Kier molecular flexibility index (Phi) is 3.79. The molecule has 0 spiro atoms. The Labute approximate surface area is 116 Å². The summed E-state index contributed by atoms with van der Waals surface area (Å²) in [4.78, 5) is 12.2. The summed E-state index contributed by atoms with van der Waals surface area (Å²) in [6, 6.07) is 9.22. The van der Waals surface area contributed by atoms with Crippen LogP contribution in [0.15, 0.2) is 36.4 Å². The number of hydrogen-bond donors (Lipinski definition) is 3. The van der Waals surface area contributed by atoms with E-state index in [1.54, 1.807) is 25.1 Å². The zero-order valence-electron chi connectivity index (χ0n) is 11.2. The third-order valence-electron chi connectivity index (χ3n) is 2.91. The molecule has 0 saturated carbocycles. The molecule has 0 aliphatic heterocycles. The van der Waals surface area contributed by atoms with Gasteiger partial charge in [-0.15, -0.1) is 0 Å². The van der Waals surface area contributed by atoms with E-state index in [1.807, 2.05) is 0 Å². The maximum Gasteiger partial charge on any atom is 0.263 e. The van der Waals surface area contributed by atoms with E-state index >= 15 is 0 Å². The number of methoxy groups -OCH3 is 1. The van der Waals surface area contributed by atoms with E-state index in [2.05, 4.69) is 5.32 Å². The van der Waals surface area contributed by atoms with Gasteiger partial charge in [-0.2, -0.15) is 0 Å². The number of benzene rings is 2. The van der Waals surface area contributed by atoms with E-state index in [0.29, 0.717) is 17.0 Å². The monoisotopic (exact) mass is 273 g/mol. The number of carbonyl (C=O) groups excluding carboxylic acids is 1. The molecule has 0 fully saturated rings. The summed E-state index contributed by atoms with van der Waals surface area (Å²) in [5.41, 5.74) is 1.34. The molecule has 5 heteroatoms. The van der Waals surface area contributed by atoms with Crippen LogP contribution in [0.5, 0.6) is 17.2 Å². The van der Waals surface area contributed by atoms with Crippen molar-refractivity contribution < 1.29 is 19.7 Å². The quantitative estimate of drug-likeness (QED) is 0.751. The molecule has 5 nitrogen and oxygen atoms in total. The molecule has 1 amide bonds. The van der Waals surface area contributed by atoms with Crippen LogP contribution in [0.25, 0.3) is 0 Å². The Morgan fingerprint density at radius 2 is 1.95 bits per heavy atom. The smallest absolute Gasteiger partial charge is 0.263 e. The fourth-order valence-corrected chi connectivity index (χ4v) is 1.89. The number of ether oxygens (including phenoxy) is 1. The molecule has 0 unspecified atom stereocenters. The van der Waals surface area contributed by atoms with E-state index in [9.17, 15) is 15.0 Å². The first kappa shape index (κ1) is 13.7. The van der Waals surface area contributed by atoms with Crippen molar-refractivity contribution in [3.05, 3.63) is 47.5 Å². The maximum absolute atomic E-state index is 12.2. The second kappa shape index (κ2) is 5.52. The van der Waals surface area contributed by atoms with Gasteiger partial charge < -0.3 is 20.3 Å². The van der Waals surface area contributed by atoms with Gasteiger partial charge in [0, 0.05) is 5.69 Å². The summed E-state index contributed by atoms with van der Waals surface area (Å²) < 4.78 is 5.07. The van der Waals surface area contributed by atoms with Crippen LogP contribution in [0.3, 0.4) is 0 Å². The van der Waals surface area contributed by atoms with E-state index in [1.165, 1.54) is 25.3 Å². The van der Waals surface area contributed by atoms with Gasteiger partial charge in [-0.3, -0.25) is 4.79 Å². The number of aryl methyl sites for hydroxylation is 1. The average Bonchev–Trinajstić information content (AvgIpc) is 2.41. The fraction of sp³-hybridized carbons (Fsp3) is 0.133. The van der Waals surface area contributed by atoms with Gasteiger partial charge in [0.1, 0.15) is 22.8 Å². The van der Waals surface area contributed by atoms with E-state index < -0.39 is 5.91 Å². The predicted octanol–water partition coefficient (Wildman–Crippen LogP) is 2.67. The van der Waals surface area contributed by atoms with Gasteiger partial charge in [0.15, 0.2) is 0 Å². The fourth-order valence-electron chi connectivity index (χ4n) is 1.89. The van der Waals surface area contributed by atoms with Crippen molar-refractivity contribution in [2.75, 3.05) is 12.4 Å². The molecular formula is C15H15NO4. The lowest BCUT2D eigenvalue weighted by atomic mass is 10.1. The lowest BCUT2D eigenvalue weighted by molar-refractivity contribution is 0.102. The first-order valence-corrected chi connectivity index (χ1v) is 6.00. The second-order valence-corrected chi connectivity index (χ2v) is 4.31. The summed E-state index contributed by atoms with van der Waals surface area (Å²) in [5, 5.41) is 21.8. The molecule has 0 aliphatic rings. The molecule has 2 aromatic carbocycles. The molecule has 104 valence electrons. The highest BCUT2D eigenvalue weighted by Gasteiger charge is 2.17. The molecule has 0 aromatic heterocycles. The minimum absolute atomic E-state index is 0.0717. The minimum Gasteiger partial charge on any atom is -0.508 e. The first-order valence-electron chi connectivity index (χ1n) is 6.00. The van der Waals surface area contributed by atoms with Crippen molar-refractivity contribution in [1.29, 1.82) is 0 Å². The van der Waals surface area contributed by atoms with Crippen molar-refractivity contribution in [3.8, 4) is 17.2 Å². The van der Waals surface area contributed by atoms with E-state index in [0.717, 1.165) is 0 Å². The van der Waals surface area contributed by atoms with Crippen LogP contribution >= 0.6 is 0 Å². The molecule has 0 aliphatic carbocycles. The number of rotatable bonds is 3. The summed E-state index contributed by atoms with van der Waals surface area (Å²) in [7, 11) is 1.43. The number of phenols is 2. The largest absolute Gasteiger partial charge is 0.508 e. The zero-order chi connectivity index (χ0) is 14.7. The molecule has 2 aromatic rings. The number of phenolic OH excluding ortho intramolecular Hbond substituents is 2. The van der Waals surface area contributed by atoms with Crippen LogP contribution in [0.1, 0.15) is 15.9 Å². The summed E-state index contributed by atoms with van der Waals surface area (Å²) >= 11 is 0. The number of hydrogen-bond acceptors (Lipinski definition) is 4. The van der Waals surface area contributed by atoms with Crippen molar-refractivity contribution in [1.82, 2.24) is 0 Å². The Bertz CT molecular complexity index is 652. The second-order valence-electron chi connectivity index (χ2n) is 4.31. The lowest BCUT2D eigenvalue weighted by Gasteiger charge is -2.12. The van der Waals surface area contributed by atoms with Crippen molar-refractivity contribution in [2.24, 2.45) is 0 Å². The molecule has 0 heterocycles. The van der Waals surface area contributed by atoms with Gasteiger partial charge in [-0.1, -0.05) is 6.07 Å². The molecule has 3 N–H and O–H groups in total. The Hall–Kier alpha value is -2.69. The SMILES string of the molecule is COc1cccc(O)c1C(=O)Nc1ccc(O)cc1C. The van der Waals surface area contributed by atoms with Gasteiger partial charge in [0.25, 0.3) is 5.91 Å². The third-order valence-corrected chi connectivity index (χ3v) is 2.91. The van der Waals surface area contributed by atoms with Gasteiger partial charge in [-0.05, 0) is 42.8 Å². The highest BCUT2D eigenvalue weighted by atomic mass is 16.5. The van der Waals surface area contributed by atoms with Crippen LogP contribution < -0.4 is 10.1 Å². The van der Waals surface area contributed by atoms with Gasteiger partial charge in [-0.25, -0.2) is 0 Å². The molecular weight excluding hydrogens is 258 g/mol. The minimum atomic E-state index is -0.478. The maximum atomic E-state index is 12.2. The number of carbonyl (C=O) groups is 1. The van der Waals surface area contributed by atoms with Gasteiger partial charge >= 0.3 is 0 Å². The average molecular weight is 273 g/mol. The topological polar surface area (TPSA) is 78.8 Å². The van der Waals surface area contributed by atoms with E-state index in [-0.39, 0.29) is 17.1 Å². The number of nitrogens with one attached hydrogen (secondary N) is 1. The third kappa shape index (κ3) is 2.66. The Morgan fingerprint density at radius 1 is 1.20 bits per heavy atom. The molecule has 0 atom stereocenters. The highest BCUT2D eigenvalue weighted by Crippen LogP contribution is 2.29. The van der Waals surface area contributed by atoms with Crippen molar-refractivity contribution in [2.45, 2.75) is 6.92 Å². The number of aromatic hydroxyl groups is 2. The Morgan fingerprint density at radius 3 is 2.60 bits per heavy atom. The van der Waals surface area contributed by atoms with Crippen molar-refractivity contribution >= 4 is 11.6 Å². The van der Waals surface area contributed by atoms with Gasteiger partial charge in [0.05, 0.1) is 7.11 Å². The molecule has 0 saturated heterocycles. The molecule has 20 heavy (non-hydrogen) atoms. The first-order chi connectivity index (χ1) is 9.52. The summed E-state index contributed by atoms with van der Waals surface area (Å²) in [6.45, 7) is 1.76. The van der Waals surface area contributed by atoms with Crippen LogP contribution in [0.4, 0.5) is 5.69 Å². The van der Waals surface area contributed by atoms with Crippen molar-refractivity contribution in [3.63, 3.8) is 0 Å². The number of amides is 1. The molecule has 0 bridgehead atoms. The zero-order valence-corrected chi connectivity index (χ0v) is 11.2. The normalized spacial score (nSPS) is 10.1. The molecule has 0 radical (unpaired) electrons. The lowest BCUT2D eigenvalue weighted by Crippen LogP contribution is -2.14. The molecule has 2 rings (SSSR count). The highest BCUT2D eigenvalue weighted by molar-refractivity contribution is 6.08. The van der Waals surface area contributed by atoms with Gasteiger partial charge in [0.2, 0.25) is 0 Å². The van der Waals surface area contributed by atoms with Crippen LogP contribution in [0.2, 0.25) is 0 Å². The standard InChI is InChI=1S/C15H15NO4/c1-9-8-10(17)6-7-11(9)16-15(19)14-12(18)4-3-5-13(14)20-2/h3-8,17-18H,1-2H3,(H,16,19). The van der Waals surface area contributed by atoms with E-state index in [4.69, 9.17) is 4.74 Å². The van der Waals surface area contributed by atoms with Crippen LogP contribution in [-0.2, 0) is 0 Å². The van der Waals surface area contributed by atoms with Crippen LogP contribution in [-0.4, -0.2) is 23.2 Å². The Balaban J connectivity index is 2.33. The predicted molar refractivity (Wildman–Crippen MR) is 75.5 cm³/mol.